The van der Waals surface area contributed by atoms with Crippen molar-refractivity contribution in [3.8, 4) is 0 Å². The lowest BCUT2D eigenvalue weighted by Gasteiger charge is -2.11. The Morgan fingerprint density at radius 2 is 1.81 bits per heavy atom. The summed E-state index contributed by atoms with van der Waals surface area (Å²) in [6, 6.07) is 5.35. The van der Waals surface area contributed by atoms with E-state index < -0.39 is 26.7 Å². The van der Waals surface area contributed by atoms with Crippen LogP contribution in [0.1, 0.15) is 18.2 Å². The first-order valence-electron chi connectivity index (χ1n) is 8.12. The zero-order valence-corrected chi connectivity index (χ0v) is 15.6. The van der Waals surface area contributed by atoms with Gasteiger partial charge < -0.3 is 10.6 Å². The Hall–Kier alpha value is -2.40. The SMILES string of the molecule is CCNc1cc(C)nc(NCCNS(=O)(=O)c2cccc(C(F)(F)F)c2)n1. The number of nitrogens with zero attached hydrogens (tertiary/aromatic N) is 2. The van der Waals surface area contributed by atoms with Crippen molar-refractivity contribution in [1.29, 1.82) is 0 Å². The molecular formula is C16H20F3N5O2S. The molecule has 2 rings (SSSR count). The van der Waals surface area contributed by atoms with Gasteiger partial charge in [-0.3, -0.25) is 0 Å². The molecule has 1 heterocycles. The number of aryl methyl sites for hydroxylation is 1. The number of hydrogen-bond acceptors (Lipinski definition) is 6. The quantitative estimate of drug-likeness (QED) is 0.587. The van der Waals surface area contributed by atoms with Gasteiger partial charge in [0.1, 0.15) is 5.82 Å². The maximum Gasteiger partial charge on any atom is 0.416 e. The molecule has 3 N–H and O–H groups in total. The van der Waals surface area contributed by atoms with E-state index in [0.29, 0.717) is 24.4 Å². The van der Waals surface area contributed by atoms with Crippen LogP contribution in [0.25, 0.3) is 0 Å². The molecular weight excluding hydrogens is 383 g/mol. The van der Waals surface area contributed by atoms with Crippen LogP contribution in [-0.2, 0) is 16.2 Å². The standard InChI is InChI=1S/C16H20F3N5O2S/c1-3-20-14-9-11(2)23-15(24-14)21-7-8-22-27(25,26)13-6-4-5-12(10-13)16(17,18)19/h4-6,9-10,22H,3,7-8H2,1-2H3,(H2,20,21,23,24). The zero-order valence-electron chi connectivity index (χ0n) is 14.8. The molecule has 0 radical (unpaired) electrons. The van der Waals surface area contributed by atoms with Gasteiger partial charge in [0.25, 0.3) is 0 Å². The monoisotopic (exact) mass is 403 g/mol. The first kappa shape index (κ1) is 20.9. The molecule has 0 aliphatic rings. The van der Waals surface area contributed by atoms with E-state index in [2.05, 4.69) is 25.3 Å². The van der Waals surface area contributed by atoms with Gasteiger partial charge in [-0.15, -0.1) is 0 Å². The van der Waals surface area contributed by atoms with E-state index in [1.165, 1.54) is 0 Å². The number of hydrogen-bond donors (Lipinski definition) is 3. The Labute approximate surface area is 155 Å². The Balaban J connectivity index is 1.97. The van der Waals surface area contributed by atoms with Crippen molar-refractivity contribution in [2.45, 2.75) is 24.9 Å². The zero-order chi connectivity index (χ0) is 20.1. The minimum Gasteiger partial charge on any atom is -0.370 e. The molecule has 11 heteroatoms. The maximum absolute atomic E-state index is 12.7. The summed E-state index contributed by atoms with van der Waals surface area (Å²) < 4.78 is 64.8. The molecule has 0 saturated heterocycles. The summed E-state index contributed by atoms with van der Waals surface area (Å²) in [5, 5.41) is 5.92. The maximum atomic E-state index is 12.7. The lowest BCUT2D eigenvalue weighted by molar-refractivity contribution is -0.137. The predicted octanol–water partition coefficient (Wildman–Crippen LogP) is 2.63. The molecule has 0 atom stereocenters. The molecule has 0 unspecified atom stereocenters. The van der Waals surface area contributed by atoms with Crippen molar-refractivity contribution >= 4 is 21.8 Å². The minimum absolute atomic E-state index is 0.0492. The van der Waals surface area contributed by atoms with E-state index in [1.807, 2.05) is 6.92 Å². The summed E-state index contributed by atoms with van der Waals surface area (Å²) >= 11 is 0. The highest BCUT2D eigenvalue weighted by Crippen LogP contribution is 2.30. The van der Waals surface area contributed by atoms with Crippen molar-refractivity contribution in [2.24, 2.45) is 0 Å². The average molecular weight is 403 g/mol. The van der Waals surface area contributed by atoms with Crippen LogP contribution in [0.5, 0.6) is 0 Å². The predicted molar refractivity (Wildman–Crippen MR) is 96.1 cm³/mol. The number of sulfonamides is 1. The van der Waals surface area contributed by atoms with Crippen molar-refractivity contribution in [3.05, 3.63) is 41.6 Å². The molecule has 0 aliphatic heterocycles. The average Bonchev–Trinajstić information content (AvgIpc) is 2.58. The lowest BCUT2D eigenvalue weighted by Crippen LogP contribution is -2.29. The first-order chi connectivity index (χ1) is 12.6. The summed E-state index contributed by atoms with van der Waals surface area (Å²) in [4.78, 5) is 7.96. The number of benzene rings is 1. The van der Waals surface area contributed by atoms with E-state index >= 15 is 0 Å². The summed E-state index contributed by atoms with van der Waals surface area (Å²) in [5.74, 6) is 0.960. The van der Waals surface area contributed by atoms with Crippen LogP contribution in [0.3, 0.4) is 0 Å². The Bertz CT molecular complexity index is 888. The molecule has 0 amide bonds. The highest BCUT2D eigenvalue weighted by Gasteiger charge is 2.31. The summed E-state index contributed by atoms with van der Waals surface area (Å²) in [7, 11) is -4.07. The van der Waals surface area contributed by atoms with Crippen LogP contribution in [0.2, 0.25) is 0 Å². The van der Waals surface area contributed by atoms with Gasteiger partial charge in [0.05, 0.1) is 10.5 Å². The number of rotatable bonds is 8. The Morgan fingerprint density at radius 1 is 1.07 bits per heavy atom. The van der Waals surface area contributed by atoms with Gasteiger partial charge >= 0.3 is 6.18 Å². The van der Waals surface area contributed by atoms with Crippen molar-refractivity contribution in [1.82, 2.24) is 14.7 Å². The van der Waals surface area contributed by atoms with Gasteiger partial charge in [-0.1, -0.05) is 6.07 Å². The molecule has 1 aromatic heterocycles. The fourth-order valence-electron chi connectivity index (χ4n) is 2.20. The van der Waals surface area contributed by atoms with Crippen molar-refractivity contribution in [2.75, 3.05) is 30.3 Å². The van der Waals surface area contributed by atoms with Crippen molar-refractivity contribution in [3.63, 3.8) is 0 Å². The van der Waals surface area contributed by atoms with E-state index in [-0.39, 0.29) is 13.1 Å². The second-order valence-electron chi connectivity index (χ2n) is 5.60. The van der Waals surface area contributed by atoms with Crippen LogP contribution in [0.4, 0.5) is 24.9 Å². The van der Waals surface area contributed by atoms with Gasteiger partial charge in [0.15, 0.2) is 0 Å². The fraction of sp³-hybridized carbons (Fsp3) is 0.375. The van der Waals surface area contributed by atoms with Gasteiger partial charge in [-0.05, 0) is 32.0 Å². The molecule has 148 valence electrons. The number of anilines is 2. The topological polar surface area (TPSA) is 96.0 Å². The molecule has 0 spiro atoms. The molecule has 2 aromatic rings. The third-order valence-electron chi connectivity index (χ3n) is 3.38. The highest BCUT2D eigenvalue weighted by atomic mass is 32.2. The molecule has 0 fully saturated rings. The largest absolute Gasteiger partial charge is 0.416 e. The normalized spacial score (nSPS) is 12.0. The molecule has 7 nitrogen and oxygen atoms in total. The van der Waals surface area contributed by atoms with Gasteiger partial charge in [-0.25, -0.2) is 18.1 Å². The molecule has 0 bridgehead atoms. The number of halogens is 3. The first-order valence-corrected chi connectivity index (χ1v) is 9.60. The smallest absolute Gasteiger partial charge is 0.370 e. The van der Waals surface area contributed by atoms with Gasteiger partial charge in [-0.2, -0.15) is 18.2 Å². The highest BCUT2D eigenvalue weighted by molar-refractivity contribution is 7.89. The molecule has 0 aliphatic carbocycles. The second-order valence-corrected chi connectivity index (χ2v) is 7.37. The van der Waals surface area contributed by atoms with Crippen molar-refractivity contribution < 1.29 is 21.6 Å². The summed E-state index contributed by atoms with van der Waals surface area (Å²) in [5.41, 5.74) is -0.291. The third-order valence-corrected chi connectivity index (χ3v) is 4.84. The van der Waals surface area contributed by atoms with Gasteiger partial charge in [0, 0.05) is 31.4 Å². The van der Waals surface area contributed by atoms with Crippen LogP contribution in [0, 0.1) is 6.92 Å². The summed E-state index contributed by atoms with van der Waals surface area (Å²) in [6.07, 6.45) is -4.61. The van der Waals surface area contributed by atoms with Crippen LogP contribution in [-0.4, -0.2) is 38.0 Å². The Morgan fingerprint density at radius 3 is 2.48 bits per heavy atom. The number of alkyl halides is 3. The van der Waals surface area contributed by atoms with E-state index in [0.717, 1.165) is 23.9 Å². The van der Waals surface area contributed by atoms with Gasteiger partial charge in [0.2, 0.25) is 16.0 Å². The van der Waals surface area contributed by atoms with E-state index in [1.54, 1.807) is 13.0 Å². The van der Waals surface area contributed by atoms with Crippen LogP contribution >= 0.6 is 0 Å². The number of nitrogens with one attached hydrogen (secondary N) is 3. The van der Waals surface area contributed by atoms with Crippen LogP contribution < -0.4 is 15.4 Å². The third kappa shape index (κ3) is 6.07. The Kier molecular flexibility index (Phi) is 6.60. The number of aromatic nitrogens is 2. The van der Waals surface area contributed by atoms with E-state index in [4.69, 9.17) is 0 Å². The molecule has 0 saturated carbocycles. The second kappa shape index (κ2) is 8.53. The fourth-order valence-corrected chi connectivity index (χ4v) is 3.28. The molecule has 1 aromatic carbocycles. The van der Waals surface area contributed by atoms with Crippen LogP contribution in [0.15, 0.2) is 35.2 Å². The summed E-state index contributed by atoms with van der Waals surface area (Å²) in [6.45, 7) is 4.52. The molecule has 27 heavy (non-hydrogen) atoms. The minimum atomic E-state index is -4.61. The lowest BCUT2D eigenvalue weighted by atomic mass is 10.2. The van der Waals surface area contributed by atoms with E-state index in [9.17, 15) is 21.6 Å².